The highest BCUT2D eigenvalue weighted by molar-refractivity contribution is 5.64. The number of carbonyl (C=O) groups excluding carboxylic acids is 1. The van der Waals surface area contributed by atoms with Crippen LogP contribution in [-0.2, 0) is 4.79 Å². The minimum atomic E-state index is -0.168. The van der Waals surface area contributed by atoms with Crippen LogP contribution in [0.1, 0.15) is 5.56 Å². The molecule has 16 heavy (non-hydrogen) atoms. The van der Waals surface area contributed by atoms with Gasteiger partial charge in [-0.3, -0.25) is 0 Å². The van der Waals surface area contributed by atoms with E-state index in [1.807, 2.05) is 44.0 Å². The maximum atomic E-state index is 13.4. The molecule has 0 aliphatic carbocycles. The molecule has 2 aromatic rings. The van der Waals surface area contributed by atoms with Crippen molar-refractivity contribution < 1.29 is 9.18 Å². The van der Waals surface area contributed by atoms with Gasteiger partial charge >= 0.3 is 0 Å². The Morgan fingerprint density at radius 2 is 1.69 bits per heavy atom. The summed E-state index contributed by atoms with van der Waals surface area (Å²) < 4.78 is 13.4. The molecule has 0 aromatic heterocycles. The van der Waals surface area contributed by atoms with E-state index in [2.05, 4.69) is 0 Å². The molecule has 0 unspecified atom stereocenters. The summed E-state index contributed by atoms with van der Waals surface area (Å²) in [5.41, 5.74) is 2.74. The number of carbonyl (C=O) groups is 1. The van der Waals surface area contributed by atoms with Crippen molar-refractivity contribution in [1.82, 2.24) is 0 Å². The van der Waals surface area contributed by atoms with Gasteiger partial charge in [-0.15, -0.1) is 0 Å². The Bertz CT molecular complexity index is 466. The van der Waals surface area contributed by atoms with Gasteiger partial charge in [0.2, 0.25) is 0 Å². The molecule has 82 valence electrons. The van der Waals surface area contributed by atoms with Crippen LogP contribution in [0.15, 0.2) is 48.5 Å². The highest BCUT2D eigenvalue weighted by atomic mass is 19.1. The average molecular weight is 216 g/mol. The Morgan fingerprint density at radius 1 is 1.00 bits per heavy atom. The fourth-order valence-corrected chi connectivity index (χ4v) is 1.51. The lowest BCUT2D eigenvalue weighted by Gasteiger charge is -2.03. The van der Waals surface area contributed by atoms with Crippen molar-refractivity contribution in [3.8, 4) is 11.1 Å². The van der Waals surface area contributed by atoms with Crippen molar-refractivity contribution in [2.24, 2.45) is 0 Å². The lowest BCUT2D eigenvalue weighted by molar-refractivity contribution is -0.0979. The van der Waals surface area contributed by atoms with Crippen LogP contribution in [0.4, 0.5) is 4.39 Å². The standard InChI is InChI=1S/C13H11F.CH2O/c1-10-5-4-6-11(9-10)12-7-2-3-8-13(12)14;1-2/h2-9H,1H3;1H2. The van der Waals surface area contributed by atoms with Gasteiger partial charge in [-0.1, -0.05) is 48.0 Å². The number of aryl methyl sites for hydroxylation is 1. The molecule has 2 rings (SSSR count). The van der Waals surface area contributed by atoms with Gasteiger partial charge in [0.15, 0.2) is 0 Å². The topological polar surface area (TPSA) is 17.1 Å². The highest BCUT2D eigenvalue weighted by Crippen LogP contribution is 2.22. The van der Waals surface area contributed by atoms with Crippen LogP contribution in [0.25, 0.3) is 11.1 Å². The minimum Gasteiger partial charge on any atom is -0.307 e. The maximum Gasteiger partial charge on any atom is 0.131 e. The monoisotopic (exact) mass is 216 g/mol. The molecule has 2 aromatic carbocycles. The van der Waals surface area contributed by atoms with Gasteiger partial charge in [0, 0.05) is 5.56 Å². The third-order valence-electron chi connectivity index (χ3n) is 2.20. The predicted molar refractivity (Wildman–Crippen MR) is 63.7 cm³/mol. The van der Waals surface area contributed by atoms with Crippen LogP contribution in [0, 0.1) is 12.7 Å². The number of rotatable bonds is 1. The zero-order valence-corrected chi connectivity index (χ0v) is 9.11. The molecular weight excluding hydrogens is 203 g/mol. The molecule has 0 heterocycles. The largest absolute Gasteiger partial charge is 0.307 e. The van der Waals surface area contributed by atoms with Crippen molar-refractivity contribution >= 4 is 6.79 Å². The average Bonchev–Trinajstić information content (AvgIpc) is 2.32. The third-order valence-corrected chi connectivity index (χ3v) is 2.20. The molecule has 0 spiro atoms. The highest BCUT2D eigenvalue weighted by Gasteiger charge is 2.02. The quantitative estimate of drug-likeness (QED) is 0.711. The lowest BCUT2D eigenvalue weighted by Crippen LogP contribution is -1.83. The molecule has 0 bridgehead atoms. The second-order valence-electron chi connectivity index (χ2n) is 3.35. The molecular formula is C14H13FO. The SMILES string of the molecule is C=O.Cc1cccc(-c2ccccc2F)c1. The number of hydrogen-bond acceptors (Lipinski definition) is 1. The second-order valence-corrected chi connectivity index (χ2v) is 3.35. The van der Waals surface area contributed by atoms with Gasteiger partial charge in [-0.25, -0.2) is 4.39 Å². The van der Waals surface area contributed by atoms with Gasteiger partial charge in [-0.05, 0) is 18.6 Å². The van der Waals surface area contributed by atoms with Crippen LogP contribution in [-0.4, -0.2) is 6.79 Å². The van der Waals surface area contributed by atoms with Gasteiger partial charge in [0.05, 0.1) is 0 Å². The van der Waals surface area contributed by atoms with E-state index in [9.17, 15) is 4.39 Å². The molecule has 2 heteroatoms. The van der Waals surface area contributed by atoms with E-state index in [0.717, 1.165) is 11.1 Å². The van der Waals surface area contributed by atoms with E-state index in [4.69, 9.17) is 4.79 Å². The van der Waals surface area contributed by atoms with Crippen molar-refractivity contribution in [3.63, 3.8) is 0 Å². The van der Waals surface area contributed by atoms with Crippen LogP contribution in [0.3, 0.4) is 0 Å². The first-order valence-electron chi connectivity index (χ1n) is 4.88. The maximum absolute atomic E-state index is 13.4. The zero-order chi connectivity index (χ0) is 12.0. The molecule has 0 amide bonds. The van der Waals surface area contributed by atoms with Gasteiger partial charge in [-0.2, -0.15) is 0 Å². The van der Waals surface area contributed by atoms with Gasteiger partial charge in [0.1, 0.15) is 12.6 Å². The van der Waals surface area contributed by atoms with E-state index < -0.39 is 0 Å². The molecule has 0 aliphatic heterocycles. The summed E-state index contributed by atoms with van der Waals surface area (Å²) in [6.45, 7) is 4.00. The fourth-order valence-electron chi connectivity index (χ4n) is 1.51. The molecule has 0 aliphatic rings. The summed E-state index contributed by atoms with van der Waals surface area (Å²) >= 11 is 0. The van der Waals surface area contributed by atoms with E-state index in [-0.39, 0.29) is 5.82 Å². The molecule has 0 saturated carbocycles. The summed E-state index contributed by atoms with van der Waals surface area (Å²) in [4.78, 5) is 8.00. The first-order valence-corrected chi connectivity index (χ1v) is 4.88. The van der Waals surface area contributed by atoms with Crippen LogP contribution < -0.4 is 0 Å². The third kappa shape index (κ3) is 2.76. The Labute approximate surface area is 94.6 Å². The smallest absolute Gasteiger partial charge is 0.131 e. The Morgan fingerprint density at radius 3 is 2.31 bits per heavy atom. The minimum absolute atomic E-state index is 0.168. The first-order chi connectivity index (χ1) is 7.77. The first kappa shape index (κ1) is 12.1. The summed E-state index contributed by atoms with van der Waals surface area (Å²) in [5.74, 6) is -0.168. The van der Waals surface area contributed by atoms with Gasteiger partial charge < -0.3 is 4.79 Å². The van der Waals surface area contributed by atoms with E-state index in [0.29, 0.717) is 5.56 Å². The number of halogens is 1. The number of hydrogen-bond donors (Lipinski definition) is 0. The number of benzene rings is 2. The van der Waals surface area contributed by atoms with Crippen LogP contribution in [0.5, 0.6) is 0 Å². The zero-order valence-electron chi connectivity index (χ0n) is 9.11. The van der Waals surface area contributed by atoms with Crippen LogP contribution >= 0.6 is 0 Å². The lowest BCUT2D eigenvalue weighted by atomic mass is 10.0. The normalized spacial score (nSPS) is 9.12. The van der Waals surface area contributed by atoms with E-state index in [1.165, 1.54) is 6.07 Å². The summed E-state index contributed by atoms with van der Waals surface area (Å²) in [7, 11) is 0. The Hall–Kier alpha value is -1.96. The second kappa shape index (κ2) is 5.81. The molecule has 0 fully saturated rings. The van der Waals surface area contributed by atoms with E-state index >= 15 is 0 Å². The molecule has 0 atom stereocenters. The van der Waals surface area contributed by atoms with Crippen molar-refractivity contribution in [2.45, 2.75) is 6.92 Å². The van der Waals surface area contributed by atoms with Crippen LogP contribution in [0.2, 0.25) is 0 Å². The molecule has 0 radical (unpaired) electrons. The van der Waals surface area contributed by atoms with Crippen molar-refractivity contribution in [3.05, 3.63) is 59.9 Å². The van der Waals surface area contributed by atoms with Crippen molar-refractivity contribution in [2.75, 3.05) is 0 Å². The molecule has 0 N–H and O–H groups in total. The van der Waals surface area contributed by atoms with Crippen molar-refractivity contribution in [1.29, 1.82) is 0 Å². The summed E-state index contributed by atoms with van der Waals surface area (Å²) in [6, 6.07) is 14.7. The molecule has 1 nitrogen and oxygen atoms in total. The Kier molecular flexibility index (Phi) is 4.40. The summed E-state index contributed by atoms with van der Waals surface area (Å²) in [6.07, 6.45) is 0. The van der Waals surface area contributed by atoms with E-state index in [1.54, 1.807) is 12.1 Å². The molecule has 0 saturated heterocycles. The Balaban J connectivity index is 0.000000606. The fraction of sp³-hybridized carbons (Fsp3) is 0.0714. The predicted octanol–water partition coefficient (Wildman–Crippen LogP) is 3.62. The summed E-state index contributed by atoms with van der Waals surface area (Å²) in [5, 5.41) is 0. The van der Waals surface area contributed by atoms with Gasteiger partial charge in [0.25, 0.3) is 0 Å².